The monoisotopic (exact) mass is 298 g/mol. The number of aryl methyl sites for hydroxylation is 1. The second-order valence-electron chi connectivity index (χ2n) is 5.32. The van der Waals surface area contributed by atoms with E-state index in [2.05, 4.69) is 13.0 Å². The van der Waals surface area contributed by atoms with Gasteiger partial charge in [-0.05, 0) is 62.1 Å². The number of phenolic OH excluding ortho intramolecular Hbond substituents is 2. The summed E-state index contributed by atoms with van der Waals surface area (Å²) in [5, 5.41) is 19.0. The van der Waals surface area contributed by atoms with Crippen LogP contribution in [0.2, 0.25) is 0 Å². The van der Waals surface area contributed by atoms with Crippen molar-refractivity contribution in [3.05, 3.63) is 59.2 Å². The van der Waals surface area contributed by atoms with E-state index in [-0.39, 0.29) is 5.75 Å². The van der Waals surface area contributed by atoms with E-state index in [4.69, 9.17) is 4.74 Å². The molecule has 0 saturated heterocycles. The van der Waals surface area contributed by atoms with Gasteiger partial charge in [-0.25, -0.2) is 0 Å². The molecule has 0 aliphatic rings. The van der Waals surface area contributed by atoms with Crippen LogP contribution in [0, 0.1) is 0 Å². The molecule has 2 aromatic carbocycles. The summed E-state index contributed by atoms with van der Waals surface area (Å²) in [6.07, 6.45) is 3.97. The van der Waals surface area contributed by atoms with Gasteiger partial charge in [-0.3, -0.25) is 0 Å². The third-order valence-electron chi connectivity index (χ3n) is 3.44. The van der Waals surface area contributed by atoms with Gasteiger partial charge < -0.3 is 14.9 Å². The fourth-order valence-electron chi connectivity index (χ4n) is 2.25. The number of ether oxygens (including phenoxy) is 1. The molecule has 2 aromatic rings. The van der Waals surface area contributed by atoms with E-state index in [1.165, 1.54) is 11.1 Å². The standard InChI is InChI=1S/C19H22O3/c1-3-22-19-13-16(8-11-18(19)21)12-14(2)4-5-15-6-9-17(20)10-7-15/h6-13,20-21H,3-5H2,1-2H3/b14-12+. The lowest BCUT2D eigenvalue weighted by Gasteiger charge is -2.07. The number of phenols is 2. The first kappa shape index (κ1) is 16.0. The van der Waals surface area contributed by atoms with Gasteiger partial charge in [0, 0.05) is 0 Å². The van der Waals surface area contributed by atoms with Crippen molar-refractivity contribution < 1.29 is 14.9 Å². The molecule has 3 nitrogen and oxygen atoms in total. The van der Waals surface area contributed by atoms with Gasteiger partial charge in [0.15, 0.2) is 11.5 Å². The van der Waals surface area contributed by atoms with Gasteiger partial charge in [0.25, 0.3) is 0 Å². The highest BCUT2D eigenvalue weighted by Gasteiger charge is 2.03. The van der Waals surface area contributed by atoms with Crippen molar-refractivity contribution in [1.29, 1.82) is 0 Å². The van der Waals surface area contributed by atoms with E-state index in [1.807, 2.05) is 31.2 Å². The van der Waals surface area contributed by atoms with E-state index in [0.717, 1.165) is 18.4 Å². The van der Waals surface area contributed by atoms with E-state index in [0.29, 0.717) is 18.1 Å². The fraction of sp³-hybridized carbons (Fsp3) is 0.263. The van der Waals surface area contributed by atoms with Gasteiger partial charge in [0.1, 0.15) is 5.75 Å². The number of hydrogen-bond donors (Lipinski definition) is 2. The normalized spacial score (nSPS) is 11.5. The van der Waals surface area contributed by atoms with Crippen LogP contribution in [0.4, 0.5) is 0 Å². The highest BCUT2D eigenvalue weighted by Crippen LogP contribution is 2.28. The first-order valence-corrected chi connectivity index (χ1v) is 7.49. The molecule has 0 fully saturated rings. The summed E-state index contributed by atoms with van der Waals surface area (Å²) in [7, 11) is 0. The first-order valence-electron chi connectivity index (χ1n) is 7.49. The van der Waals surface area contributed by atoms with Crippen molar-refractivity contribution in [3.63, 3.8) is 0 Å². The van der Waals surface area contributed by atoms with Crippen LogP contribution in [0.3, 0.4) is 0 Å². The Kier molecular flexibility index (Phi) is 5.48. The van der Waals surface area contributed by atoms with Crippen LogP contribution in [-0.4, -0.2) is 16.8 Å². The Hall–Kier alpha value is -2.42. The van der Waals surface area contributed by atoms with Crippen molar-refractivity contribution in [2.24, 2.45) is 0 Å². The lowest BCUT2D eigenvalue weighted by atomic mass is 10.0. The number of benzene rings is 2. The second kappa shape index (κ2) is 7.55. The summed E-state index contributed by atoms with van der Waals surface area (Å²) in [5.74, 6) is 0.979. The summed E-state index contributed by atoms with van der Waals surface area (Å²) >= 11 is 0. The van der Waals surface area contributed by atoms with Crippen molar-refractivity contribution >= 4 is 6.08 Å². The summed E-state index contributed by atoms with van der Waals surface area (Å²) in [6.45, 7) is 4.51. The van der Waals surface area contributed by atoms with Crippen LogP contribution < -0.4 is 4.74 Å². The molecule has 0 bridgehead atoms. The minimum absolute atomic E-state index is 0.167. The first-order chi connectivity index (χ1) is 10.6. The Bertz CT molecular complexity index is 642. The summed E-state index contributed by atoms with van der Waals surface area (Å²) in [5.41, 5.74) is 3.47. The van der Waals surface area contributed by atoms with Crippen LogP contribution in [0.15, 0.2) is 48.0 Å². The predicted octanol–water partition coefficient (Wildman–Crippen LogP) is 4.53. The zero-order valence-corrected chi connectivity index (χ0v) is 13.0. The quantitative estimate of drug-likeness (QED) is 0.823. The van der Waals surface area contributed by atoms with Gasteiger partial charge in [0.05, 0.1) is 6.61 Å². The zero-order chi connectivity index (χ0) is 15.9. The molecular weight excluding hydrogens is 276 g/mol. The minimum atomic E-state index is 0.167. The molecule has 0 amide bonds. The molecule has 0 spiro atoms. The van der Waals surface area contributed by atoms with Gasteiger partial charge in [-0.2, -0.15) is 0 Å². The molecule has 0 aromatic heterocycles. The van der Waals surface area contributed by atoms with E-state index >= 15 is 0 Å². The number of aromatic hydroxyl groups is 2. The molecule has 0 saturated carbocycles. The molecular formula is C19H22O3. The number of hydrogen-bond acceptors (Lipinski definition) is 3. The smallest absolute Gasteiger partial charge is 0.161 e. The molecule has 2 N–H and O–H groups in total. The summed E-state index contributed by atoms with van der Waals surface area (Å²) in [6, 6.07) is 12.7. The molecule has 0 unspecified atom stereocenters. The molecule has 0 aliphatic carbocycles. The molecule has 2 rings (SSSR count). The molecule has 0 aliphatic heterocycles. The molecule has 0 atom stereocenters. The maximum absolute atomic E-state index is 9.71. The maximum Gasteiger partial charge on any atom is 0.161 e. The summed E-state index contributed by atoms with van der Waals surface area (Å²) in [4.78, 5) is 0. The molecule has 0 heterocycles. The van der Waals surface area contributed by atoms with Crippen LogP contribution in [0.1, 0.15) is 31.4 Å². The fourth-order valence-corrected chi connectivity index (χ4v) is 2.25. The zero-order valence-electron chi connectivity index (χ0n) is 13.0. The Balaban J connectivity index is 2.02. The van der Waals surface area contributed by atoms with Crippen LogP contribution in [0.5, 0.6) is 17.2 Å². The minimum Gasteiger partial charge on any atom is -0.508 e. The van der Waals surface area contributed by atoms with Crippen molar-refractivity contribution in [2.75, 3.05) is 6.61 Å². The number of rotatable bonds is 6. The maximum atomic E-state index is 9.71. The van der Waals surface area contributed by atoms with E-state index in [1.54, 1.807) is 18.2 Å². The van der Waals surface area contributed by atoms with Crippen LogP contribution in [0.25, 0.3) is 6.08 Å². The lowest BCUT2D eigenvalue weighted by Crippen LogP contribution is -1.92. The highest BCUT2D eigenvalue weighted by molar-refractivity contribution is 5.57. The van der Waals surface area contributed by atoms with Crippen molar-refractivity contribution in [2.45, 2.75) is 26.7 Å². The van der Waals surface area contributed by atoms with E-state index in [9.17, 15) is 10.2 Å². The van der Waals surface area contributed by atoms with Gasteiger partial charge in [-0.15, -0.1) is 0 Å². The molecule has 0 radical (unpaired) electrons. The van der Waals surface area contributed by atoms with Gasteiger partial charge >= 0.3 is 0 Å². The van der Waals surface area contributed by atoms with Crippen LogP contribution >= 0.6 is 0 Å². The van der Waals surface area contributed by atoms with E-state index < -0.39 is 0 Å². The molecule has 22 heavy (non-hydrogen) atoms. The predicted molar refractivity (Wildman–Crippen MR) is 89.4 cm³/mol. The Labute approximate surface area is 131 Å². The van der Waals surface area contributed by atoms with Crippen LogP contribution in [-0.2, 0) is 6.42 Å². The average molecular weight is 298 g/mol. The topological polar surface area (TPSA) is 49.7 Å². The highest BCUT2D eigenvalue weighted by atomic mass is 16.5. The largest absolute Gasteiger partial charge is 0.508 e. The van der Waals surface area contributed by atoms with Gasteiger partial charge in [-0.1, -0.05) is 29.8 Å². The van der Waals surface area contributed by atoms with Crippen molar-refractivity contribution in [3.8, 4) is 17.2 Å². The molecule has 3 heteroatoms. The summed E-state index contributed by atoms with van der Waals surface area (Å²) < 4.78 is 5.40. The second-order valence-corrected chi connectivity index (χ2v) is 5.32. The third kappa shape index (κ3) is 4.55. The lowest BCUT2D eigenvalue weighted by molar-refractivity contribution is 0.318. The Morgan fingerprint density at radius 1 is 1.09 bits per heavy atom. The Morgan fingerprint density at radius 3 is 2.50 bits per heavy atom. The number of allylic oxidation sites excluding steroid dienone is 1. The molecule has 116 valence electrons. The third-order valence-corrected chi connectivity index (χ3v) is 3.44. The van der Waals surface area contributed by atoms with Gasteiger partial charge in [0.2, 0.25) is 0 Å². The average Bonchev–Trinajstić information content (AvgIpc) is 2.50. The Morgan fingerprint density at radius 2 is 1.82 bits per heavy atom. The SMILES string of the molecule is CCOc1cc(/C=C(\C)CCc2ccc(O)cc2)ccc1O. The van der Waals surface area contributed by atoms with Crippen molar-refractivity contribution in [1.82, 2.24) is 0 Å².